The average molecular weight is 353 g/mol. The second-order valence-corrected chi connectivity index (χ2v) is 7.53. The first-order chi connectivity index (χ1) is 12.4. The first-order valence-corrected chi connectivity index (χ1v) is 9.23. The molecule has 0 aromatic heterocycles. The van der Waals surface area contributed by atoms with Crippen molar-refractivity contribution in [2.75, 3.05) is 20.6 Å². The zero-order chi connectivity index (χ0) is 18.7. The van der Waals surface area contributed by atoms with E-state index in [4.69, 9.17) is 0 Å². The number of ketones is 1. The van der Waals surface area contributed by atoms with Crippen molar-refractivity contribution in [1.82, 2.24) is 4.90 Å². The Morgan fingerprint density at radius 2 is 1.85 bits per heavy atom. The summed E-state index contributed by atoms with van der Waals surface area (Å²) in [5.74, 6) is -0.290. The van der Waals surface area contributed by atoms with Gasteiger partial charge in [0.2, 0.25) is 0 Å². The minimum atomic E-state index is -1.11. The number of hydrogen-bond acceptors (Lipinski definition) is 4. The highest BCUT2D eigenvalue weighted by Gasteiger charge is 2.42. The zero-order valence-electron chi connectivity index (χ0n) is 15.5. The van der Waals surface area contributed by atoms with Gasteiger partial charge in [0.1, 0.15) is 5.75 Å². The third-order valence-corrected chi connectivity index (χ3v) is 5.40. The molecular formula is C22H27NO3. The Morgan fingerprint density at radius 1 is 1.12 bits per heavy atom. The summed E-state index contributed by atoms with van der Waals surface area (Å²) in [7, 11) is 3.98. The molecule has 0 spiro atoms. The molecule has 1 aliphatic carbocycles. The number of nitrogens with zero attached hydrogens (tertiary/aromatic N) is 1. The molecule has 0 saturated heterocycles. The number of aromatic hydroxyl groups is 1. The largest absolute Gasteiger partial charge is 0.507 e. The van der Waals surface area contributed by atoms with E-state index < -0.39 is 5.60 Å². The van der Waals surface area contributed by atoms with Crippen molar-refractivity contribution >= 4 is 5.78 Å². The van der Waals surface area contributed by atoms with Gasteiger partial charge in [0.05, 0.1) is 11.2 Å². The Labute approximate surface area is 155 Å². The molecular weight excluding hydrogens is 326 g/mol. The van der Waals surface area contributed by atoms with Crippen molar-refractivity contribution in [2.24, 2.45) is 5.92 Å². The molecule has 138 valence electrons. The van der Waals surface area contributed by atoms with Crippen LogP contribution in [0.4, 0.5) is 0 Å². The van der Waals surface area contributed by atoms with Crippen LogP contribution < -0.4 is 0 Å². The smallest absolute Gasteiger partial charge is 0.196 e. The lowest BCUT2D eigenvalue weighted by molar-refractivity contribution is -0.0632. The molecule has 0 amide bonds. The molecule has 0 bridgehead atoms. The van der Waals surface area contributed by atoms with E-state index in [0.717, 1.165) is 25.8 Å². The third kappa shape index (κ3) is 3.53. The number of rotatable bonds is 5. The Hall–Kier alpha value is -2.17. The van der Waals surface area contributed by atoms with Gasteiger partial charge in [-0.3, -0.25) is 4.79 Å². The van der Waals surface area contributed by atoms with Crippen molar-refractivity contribution in [2.45, 2.75) is 31.3 Å². The number of phenols is 1. The summed E-state index contributed by atoms with van der Waals surface area (Å²) in [4.78, 5) is 14.9. The maximum atomic E-state index is 12.8. The van der Waals surface area contributed by atoms with E-state index in [2.05, 4.69) is 4.90 Å². The first kappa shape index (κ1) is 18.6. The molecule has 4 nitrogen and oxygen atoms in total. The minimum absolute atomic E-state index is 0.0271. The Kier molecular flexibility index (Phi) is 5.44. The highest BCUT2D eigenvalue weighted by atomic mass is 16.3. The van der Waals surface area contributed by atoms with E-state index in [1.807, 2.05) is 20.2 Å². The first-order valence-electron chi connectivity index (χ1n) is 9.23. The average Bonchev–Trinajstić information content (AvgIpc) is 2.64. The molecule has 2 aromatic rings. The number of phenolic OH excluding ortho intramolecular Hbond substituents is 1. The van der Waals surface area contributed by atoms with E-state index in [0.29, 0.717) is 17.5 Å². The third-order valence-electron chi connectivity index (χ3n) is 5.40. The van der Waals surface area contributed by atoms with Crippen LogP contribution in [-0.4, -0.2) is 41.5 Å². The van der Waals surface area contributed by atoms with Crippen molar-refractivity contribution in [3.05, 3.63) is 65.2 Å². The molecule has 1 fully saturated rings. The van der Waals surface area contributed by atoms with Gasteiger partial charge in [0.15, 0.2) is 5.78 Å². The Morgan fingerprint density at radius 3 is 2.54 bits per heavy atom. The summed E-state index contributed by atoms with van der Waals surface area (Å²) in [5.41, 5.74) is 0.141. The van der Waals surface area contributed by atoms with E-state index in [1.54, 1.807) is 42.5 Å². The van der Waals surface area contributed by atoms with Crippen LogP contribution in [0.15, 0.2) is 48.5 Å². The molecule has 3 rings (SSSR count). The van der Waals surface area contributed by atoms with E-state index in [-0.39, 0.29) is 23.0 Å². The van der Waals surface area contributed by atoms with Gasteiger partial charge in [-0.25, -0.2) is 0 Å². The van der Waals surface area contributed by atoms with Crippen LogP contribution in [0.25, 0.3) is 0 Å². The normalized spacial score (nSPS) is 23.2. The Balaban J connectivity index is 2.01. The number of carbonyl (C=O) groups excluding carboxylic acids is 1. The fourth-order valence-corrected chi connectivity index (χ4v) is 4.09. The van der Waals surface area contributed by atoms with Crippen LogP contribution in [0.3, 0.4) is 0 Å². The van der Waals surface area contributed by atoms with Gasteiger partial charge in [-0.1, -0.05) is 55.3 Å². The number of para-hydroxylation sites is 1. The highest BCUT2D eigenvalue weighted by Crippen LogP contribution is 2.46. The maximum Gasteiger partial charge on any atom is 0.196 e. The predicted molar refractivity (Wildman–Crippen MR) is 102 cm³/mol. The fourth-order valence-electron chi connectivity index (χ4n) is 4.09. The van der Waals surface area contributed by atoms with Crippen molar-refractivity contribution in [3.8, 4) is 5.75 Å². The number of hydrogen-bond donors (Lipinski definition) is 2. The van der Waals surface area contributed by atoms with Gasteiger partial charge in [-0.2, -0.15) is 0 Å². The molecule has 26 heavy (non-hydrogen) atoms. The molecule has 0 heterocycles. The second-order valence-electron chi connectivity index (χ2n) is 7.53. The summed E-state index contributed by atoms with van der Waals surface area (Å²) in [6, 6.07) is 14.1. The molecule has 0 radical (unpaired) electrons. The molecule has 0 unspecified atom stereocenters. The lowest BCUT2D eigenvalue weighted by Gasteiger charge is -2.42. The van der Waals surface area contributed by atoms with Gasteiger partial charge in [-0.15, -0.1) is 0 Å². The van der Waals surface area contributed by atoms with Gasteiger partial charge >= 0.3 is 0 Å². The van der Waals surface area contributed by atoms with Crippen molar-refractivity contribution < 1.29 is 15.0 Å². The predicted octanol–water partition coefficient (Wildman–Crippen LogP) is 3.56. The van der Waals surface area contributed by atoms with Crippen LogP contribution >= 0.6 is 0 Å². The molecule has 0 aliphatic heterocycles. The summed E-state index contributed by atoms with van der Waals surface area (Å²) >= 11 is 0. The molecule has 4 heteroatoms. The highest BCUT2D eigenvalue weighted by molar-refractivity contribution is 6.10. The number of benzene rings is 2. The lowest BCUT2D eigenvalue weighted by Crippen LogP contribution is -2.43. The van der Waals surface area contributed by atoms with E-state index in [1.165, 1.54) is 0 Å². The zero-order valence-corrected chi connectivity index (χ0v) is 15.5. The molecule has 1 saturated carbocycles. The van der Waals surface area contributed by atoms with Crippen LogP contribution in [0, 0.1) is 5.92 Å². The summed E-state index contributed by atoms with van der Waals surface area (Å²) < 4.78 is 0. The van der Waals surface area contributed by atoms with Gasteiger partial charge in [0, 0.05) is 23.6 Å². The summed E-state index contributed by atoms with van der Waals surface area (Å²) in [6.45, 7) is 0.743. The van der Waals surface area contributed by atoms with Crippen LogP contribution in [0.2, 0.25) is 0 Å². The summed E-state index contributed by atoms with van der Waals surface area (Å²) in [6.07, 6.45) is 3.49. The number of carbonyl (C=O) groups is 1. The Bertz CT molecular complexity index is 772. The van der Waals surface area contributed by atoms with Crippen molar-refractivity contribution in [1.29, 1.82) is 0 Å². The maximum absolute atomic E-state index is 12.8. The molecule has 2 N–H and O–H groups in total. The van der Waals surface area contributed by atoms with Gasteiger partial charge in [0.25, 0.3) is 0 Å². The quantitative estimate of drug-likeness (QED) is 0.807. The van der Waals surface area contributed by atoms with Crippen LogP contribution in [0.1, 0.15) is 47.2 Å². The molecule has 2 aromatic carbocycles. The monoisotopic (exact) mass is 353 g/mol. The van der Waals surface area contributed by atoms with E-state index >= 15 is 0 Å². The van der Waals surface area contributed by atoms with Crippen LogP contribution in [-0.2, 0) is 5.60 Å². The molecule has 2 atom stereocenters. The minimum Gasteiger partial charge on any atom is -0.507 e. The van der Waals surface area contributed by atoms with Crippen molar-refractivity contribution in [3.63, 3.8) is 0 Å². The SMILES string of the molecule is CN(C)C[C@@H]1CCCC[C@@]1(O)c1cccc(C(=O)c2ccccc2)c1O. The molecule has 1 aliphatic rings. The van der Waals surface area contributed by atoms with Crippen LogP contribution in [0.5, 0.6) is 5.75 Å². The van der Waals surface area contributed by atoms with Gasteiger partial charge in [-0.05, 0) is 33.0 Å². The summed E-state index contributed by atoms with van der Waals surface area (Å²) in [5, 5.41) is 22.4. The van der Waals surface area contributed by atoms with E-state index in [9.17, 15) is 15.0 Å². The van der Waals surface area contributed by atoms with Gasteiger partial charge < -0.3 is 15.1 Å². The topological polar surface area (TPSA) is 60.8 Å². The number of aliphatic hydroxyl groups is 1. The fraction of sp³-hybridized carbons (Fsp3) is 0.409. The lowest BCUT2D eigenvalue weighted by atomic mass is 9.70. The second kappa shape index (κ2) is 7.60. The standard InChI is InChI=1S/C22H27NO3/c1-23(2)15-17-11-6-7-14-22(17,26)19-13-8-12-18(21(19)25)20(24)16-9-4-3-5-10-16/h3-5,8-10,12-13,17,25-26H,6-7,11,14-15H2,1-2H3/t17-,22-/m0/s1.